The van der Waals surface area contributed by atoms with Gasteiger partial charge in [0, 0.05) is 18.0 Å². The third kappa shape index (κ3) is 2.57. The monoisotopic (exact) mass is 279 g/mol. The molecule has 2 saturated heterocycles. The second kappa shape index (κ2) is 5.52. The molecule has 2 aliphatic rings. The first kappa shape index (κ1) is 13.5. The number of esters is 1. The predicted molar refractivity (Wildman–Crippen MR) is 71.2 cm³/mol. The Bertz CT molecular complexity index is 474. The van der Waals surface area contributed by atoms with E-state index in [0.29, 0.717) is 30.5 Å². The van der Waals surface area contributed by atoms with E-state index in [0.717, 1.165) is 18.7 Å². The third-order valence-electron chi connectivity index (χ3n) is 4.55. The molecule has 3 heterocycles. The summed E-state index contributed by atoms with van der Waals surface area (Å²) >= 11 is 0. The fraction of sp³-hybridized carbons (Fsp3) is 0.786. The molecule has 110 valence electrons. The Morgan fingerprint density at radius 2 is 2.10 bits per heavy atom. The molecule has 2 bridgehead atoms. The summed E-state index contributed by atoms with van der Waals surface area (Å²) < 4.78 is 10.1. The molecule has 0 radical (unpaired) electrons. The number of fused-ring (bicyclic) bond motifs is 2. The van der Waals surface area contributed by atoms with Crippen LogP contribution in [0.25, 0.3) is 0 Å². The van der Waals surface area contributed by atoms with Gasteiger partial charge in [-0.25, -0.2) is 0 Å². The lowest BCUT2D eigenvalue weighted by molar-refractivity contribution is -0.142. The lowest BCUT2D eigenvalue weighted by Crippen LogP contribution is -2.39. The lowest BCUT2D eigenvalue weighted by atomic mass is 9.90. The van der Waals surface area contributed by atoms with E-state index in [9.17, 15) is 4.79 Å². The number of carbonyl (C=O) groups is 1. The van der Waals surface area contributed by atoms with Crippen molar-refractivity contribution in [1.29, 1.82) is 0 Å². The zero-order valence-corrected chi connectivity index (χ0v) is 12.0. The van der Waals surface area contributed by atoms with Crippen LogP contribution in [-0.4, -0.2) is 46.7 Å². The zero-order valence-electron chi connectivity index (χ0n) is 12.0. The Hall–Kier alpha value is -1.43. The summed E-state index contributed by atoms with van der Waals surface area (Å²) in [6.07, 6.45) is 4.79. The van der Waals surface area contributed by atoms with E-state index in [2.05, 4.69) is 22.1 Å². The maximum Gasteiger partial charge on any atom is 0.315 e. The molecule has 2 unspecified atom stereocenters. The number of aromatic nitrogens is 2. The van der Waals surface area contributed by atoms with E-state index in [1.54, 1.807) is 6.92 Å². The Balaban J connectivity index is 1.64. The Morgan fingerprint density at radius 1 is 1.40 bits per heavy atom. The molecule has 6 nitrogen and oxygen atoms in total. The summed E-state index contributed by atoms with van der Waals surface area (Å²) in [4.78, 5) is 18.3. The second-order valence-corrected chi connectivity index (χ2v) is 5.75. The van der Waals surface area contributed by atoms with Crippen LogP contribution in [0.5, 0.6) is 0 Å². The molecule has 0 aromatic carbocycles. The molecule has 2 fully saturated rings. The van der Waals surface area contributed by atoms with Gasteiger partial charge in [0.2, 0.25) is 5.89 Å². The lowest BCUT2D eigenvalue weighted by Gasteiger charge is -2.34. The molecule has 20 heavy (non-hydrogen) atoms. The van der Waals surface area contributed by atoms with E-state index in [4.69, 9.17) is 9.26 Å². The van der Waals surface area contributed by atoms with Gasteiger partial charge in [-0.05, 0) is 39.7 Å². The summed E-state index contributed by atoms with van der Waals surface area (Å²) in [7, 11) is 2.21. The molecule has 3 rings (SSSR count). The third-order valence-corrected chi connectivity index (χ3v) is 4.55. The van der Waals surface area contributed by atoms with E-state index >= 15 is 0 Å². The molecule has 0 N–H and O–H groups in total. The van der Waals surface area contributed by atoms with E-state index in [-0.39, 0.29) is 12.4 Å². The molecule has 1 aromatic rings. The van der Waals surface area contributed by atoms with Gasteiger partial charge in [0.1, 0.15) is 6.42 Å². The first-order valence-corrected chi connectivity index (χ1v) is 7.37. The van der Waals surface area contributed by atoms with Gasteiger partial charge in [-0.3, -0.25) is 4.79 Å². The Morgan fingerprint density at radius 3 is 2.75 bits per heavy atom. The number of piperidine rings is 1. The number of carbonyl (C=O) groups excluding carboxylic acids is 1. The van der Waals surface area contributed by atoms with Crippen LogP contribution in [0.1, 0.15) is 50.2 Å². The second-order valence-electron chi connectivity index (χ2n) is 5.75. The van der Waals surface area contributed by atoms with Crippen LogP contribution in [0.2, 0.25) is 0 Å². The minimum atomic E-state index is -0.314. The van der Waals surface area contributed by atoms with Crippen molar-refractivity contribution in [3.8, 4) is 0 Å². The van der Waals surface area contributed by atoms with Gasteiger partial charge >= 0.3 is 5.97 Å². The van der Waals surface area contributed by atoms with Crippen LogP contribution in [0.15, 0.2) is 4.52 Å². The van der Waals surface area contributed by atoms with Crippen molar-refractivity contribution in [3.05, 3.63) is 11.7 Å². The largest absolute Gasteiger partial charge is 0.466 e. The van der Waals surface area contributed by atoms with E-state index in [1.165, 1.54) is 12.8 Å². The standard InChI is InChI=1S/C14H21N3O3/c1-3-19-13(18)8-12-15-14(16-20-12)9-6-10-4-5-11(7-9)17(10)2/h9-11H,3-8H2,1-2H3. The summed E-state index contributed by atoms with van der Waals surface area (Å²) in [5.41, 5.74) is 0. The van der Waals surface area contributed by atoms with Crippen molar-refractivity contribution < 1.29 is 14.1 Å². The first-order chi connectivity index (χ1) is 9.67. The molecule has 2 atom stereocenters. The minimum Gasteiger partial charge on any atom is -0.466 e. The Kier molecular flexibility index (Phi) is 3.74. The molecule has 0 spiro atoms. The van der Waals surface area contributed by atoms with Crippen molar-refractivity contribution in [2.45, 2.75) is 57.0 Å². The maximum absolute atomic E-state index is 11.4. The maximum atomic E-state index is 11.4. The summed E-state index contributed by atoms with van der Waals surface area (Å²) in [6.45, 7) is 2.16. The van der Waals surface area contributed by atoms with Gasteiger partial charge in [-0.1, -0.05) is 5.16 Å². The van der Waals surface area contributed by atoms with Crippen LogP contribution in [-0.2, 0) is 16.0 Å². The first-order valence-electron chi connectivity index (χ1n) is 7.37. The molecular formula is C14H21N3O3. The highest BCUT2D eigenvalue weighted by Gasteiger charge is 2.40. The topological polar surface area (TPSA) is 68.5 Å². The number of ether oxygens (including phenoxy) is 1. The molecule has 6 heteroatoms. The fourth-order valence-corrected chi connectivity index (χ4v) is 3.46. The molecule has 2 aliphatic heterocycles. The quantitative estimate of drug-likeness (QED) is 0.778. The highest BCUT2D eigenvalue weighted by Crippen LogP contribution is 2.41. The van der Waals surface area contributed by atoms with Crippen LogP contribution in [0.4, 0.5) is 0 Å². The van der Waals surface area contributed by atoms with Gasteiger partial charge in [0.25, 0.3) is 0 Å². The molecule has 0 saturated carbocycles. The average molecular weight is 279 g/mol. The van der Waals surface area contributed by atoms with Gasteiger partial charge in [-0.15, -0.1) is 0 Å². The van der Waals surface area contributed by atoms with Crippen molar-refractivity contribution in [2.75, 3.05) is 13.7 Å². The molecule has 0 amide bonds. The van der Waals surface area contributed by atoms with Crippen molar-refractivity contribution >= 4 is 5.97 Å². The van der Waals surface area contributed by atoms with Crippen LogP contribution >= 0.6 is 0 Å². The number of nitrogens with zero attached hydrogens (tertiary/aromatic N) is 3. The molecule has 0 aliphatic carbocycles. The number of hydrogen-bond acceptors (Lipinski definition) is 6. The van der Waals surface area contributed by atoms with E-state index in [1.807, 2.05) is 0 Å². The molecular weight excluding hydrogens is 258 g/mol. The highest BCUT2D eigenvalue weighted by atomic mass is 16.5. The predicted octanol–water partition coefficient (Wildman–Crippen LogP) is 1.52. The van der Waals surface area contributed by atoms with Crippen molar-refractivity contribution in [1.82, 2.24) is 15.0 Å². The summed E-state index contributed by atoms with van der Waals surface area (Å²) in [5.74, 6) is 1.17. The number of rotatable bonds is 4. The SMILES string of the molecule is CCOC(=O)Cc1nc(C2CC3CCC(C2)N3C)no1. The van der Waals surface area contributed by atoms with Crippen molar-refractivity contribution in [3.63, 3.8) is 0 Å². The van der Waals surface area contributed by atoms with Gasteiger partial charge in [-0.2, -0.15) is 4.98 Å². The highest BCUT2D eigenvalue weighted by molar-refractivity contribution is 5.71. The number of hydrogen-bond donors (Lipinski definition) is 0. The van der Waals surface area contributed by atoms with Crippen molar-refractivity contribution in [2.24, 2.45) is 0 Å². The summed E-state index contributed by atoms with van der Waals surface area (Å²) in [6, 6.07) is 1.29. The summed E-state index contributed by atoms with van der Waals surface area (Å²) in [5, 5.41) is 4.06. The van der Waals surface area contributed by atoms with Gasteiger partial charge < -0.3 is 14.2 Å². The average Bonchev–Trinajstić information content (AvgIpc) is 2.92. The normalized spacial score (nSPS) is 29.6. The van der Waals surface area contributed by atoms with Gasteiger partial charge in [0.05, 0.1) is 6.61 Å². The fourth-order valence-electron chi connectivity index (χ4n) is 3.46. The zero-order chi connectivity index (χ0) is 14.1. The van der Waals surface area contributed by atoms with Crippen LogP contribution in [0, 0.1) is 0 Å². The van der Waals surface area contributed by atoms with Crippen LogP contribution in [0.3, 0.4) is 0 Å². The Labute approximate surface area is 118 Å². The smallest absolute Gasteiger partial charge is 0.315 e. The van der Waals surface area contributed by atoms with Gasteiger partial charge in [0.15, 0.2) is 5.82 Å². The molecule has 1 aromatic heterocycles. The minimum absolute atomic E-state index is 0.0698. The van der Waals surface area contributed by atoms with Crippen LogP contribution < -0.4 is 0 Å². The van der Waals surface area contributed by atoms with E-state index < -0.39 is 0 Å².